The number of pyridine rings is 1. The molecule has 0 aliphatic carbocycles. The van der Waals surface area contributed by atoms with Gasteiger partial charge in [0.1, 0.15) is 5.82 Å². The molecule has 2 fully saturated rings. The molecule has 18 heavy (non-hydrogen) atoms. The summed E-state index contributed by atoms with van der Waals surface area (Å²) in [6.45, 7) is 1.35. The highest BCUT2D eigenvalue weighted by Gasteiger charge is 2.51. The van der Waals surface area contributed by atoms with Crippen molar-refractivity contribution >= 4 is 40.2 Å². The molecule has 2 aliphatic heterocycles. The third kappa shape index (κ3) is 1.79. The highest BCUT2D eigenvalue weighted by atomic mass is 127. The van der Waals surface area contributed by atoms with Crippen LogP contribution in [-0.4, -0.2) is 29.9 Å². The summed E-state index contributed by atoms with van der Waals surface area (Å²) in [5, 5.41) is 2.41. The Hall–Kier alpha value is -1.18. The normalized spacial score (nSPS) is 27.1. The summed E-state index contributed by atoms with van der Waals surface area (Å²) in [6.07, 6.45) is 2.78. The second-order valence-corrected chi connectivity index (χ2v) is 5.98. The van der Waals surface area contributed by atoms with Crippen molar-refractivity contribution in [2.75, 3.05) is 18.0 Å². The van der Waals surface area contributed by atoms with E-state index in [4.69, 9.17) is 0 Å². The largest absolute Gasteiger partial charge is 0.355 e. The van der Waals surface area contributed by atoms with Gasteiger partial charge in [-0.1, -0.05) is 0 Å². The Labute approximate surface area is 118 Å². The fourth-order valence-electron chi connectivity index (χ4n) is 2.68. The molecule has 0 aromatic carbocycles. The SMILES string of the molecule is O=C1CC2(CCN(c3ncccc3I)C2)C(=O)N1. The van der Waals surface area contributed by atoms with Gasteiger partial charge < -0.3 is 4.90 Å². The van der Waals surface area contributed by atoms with Gasteiger partial charge in [-0.2, -0.15) is 0 Å². The van der Waals surface area contributed by atoms with Gasteiger partial charge in [0.05, 0.1) is 8.99 Å². The number of anilines is 1. The van der Waals surface area contributed by atoms with E-state index in [1.807, 2.05) is 12.1 Å². The summed E-state index contributed by atoms with van der Waals surface area (Å²) in [5.74, 6) is 0.626. The Morgan fingerprint density at radius 2 is 2.28 bits per heavy atom. The molecule has 1 atom stereocenters. The third-order valence-corrected chi connectivity index (χ3v) is 4.47. The molecular weight excluding hydrogens is 345 g/mol. The molecule has 1 aromatic rings. The van der Waals surface area contributed by atoms with Crippen LogP contribution >= 0.6 is 22.6 Å². The summed E-state index contributed by atoms with van der Waals surface area (Å²) >= 11 is 2.24. The maximum Gasteiger partial charge on any atom is 0.235 e. The molecule has 1 spiro atoms. The van der Waals surface area contributed by atoms with E-state index in [0.717, 1.165) is 22.4 Å². The molecule has 1 aromatic heterocycles. The highest BCUT2D eigenvalue weighted by Crippen LogP contribution is 2.39. The quantitative estimate of drug-likeness (QED) is 0.600. The Kier molecular flexibility index (Phi) is 2.76. The van der Waals surface area contributed by atoms with E-state index in [2.05, 4.69) is 37.8 Å². The number of hydrogen-bond donors (Lipinski definition) is 1. The molecule has 0 saturated carbocycles. The molecule has 2 aliphatic rings. The van der Waals surface area contributed by atoms with Crippen LogP contribution in [0.1, 0.15) is 12.8 Å². The summed E-state index contributed by atoms with van der Waals surface area (Å²) < 4.78 is 1.07. The van der Waals surface area contributed by atoms with E-state index < -0.39 is 5.41 Å². The Balaban J connectivity index is 1.86. The number of hydrogen-bond acceptors (Lipinski definition) is 4. The molecule has 2 amide bonds. The molecule has 3 rings (SSSR count). The van der Waals surface area contributed by atoms with Crippen LogP contribution < -0.4 is 10.2 Å². The van der Waals surface area contributed by atoms with Crippen molar-refractivity contribution in [1.29, 1.82) is 0 Å². The highest BCUT2D eigenvalue weighted by molar-refractivity contribution is 14.1. The van der Waals surface area contributed by atoms with Crippen molar-refractivity contribution in [3.63, 3.8) is 0 Å². The van der Waals surface area contributed by atoms with Crippen LogP contribution in [0.5, 0.6) is 0 Å². The van der Waals surface area contributed by atoms with Crippen LogP contribution in [-0.2, 0) is 9.59 Å². The van der Waals surface area contributed by atoms with Gasteiger partial charge in [-0.05, 0) is 41.1 Å². The molecule has 94 valence electrons. The Bertz CT molecular complexity index is 534. The van der Waals surface area contributed by atoms with Crippen LogP contribution in [0.4, 0.5) is 5.82 Å². The van der Waals surface area contributed by atoms with Crippen molar-refractivity contribution in [3.05, 3.63) is 21.9 Å². The summed E-state index contributed by atoms with van der Waals surface area (Å²) in [5.41, 5.74) is -0.530. The first-order valence-electron chi connectivity index (χ1n) is 5.80. The topological polar surface area (TPSA) is 62.3 Å². The van der Waals surface area contributed by atoms with Gasteiger partial charge in [-0.15, -0.1) is 0 Å². The predicted molar refractivity (Wildman–Crippen MR) is 74.0 cm³/mol. The molecule has 0 bridgehead atoms. The summed E-state index contributed by atoms with van der Waals surface area (Å²) in [7, 11) is 0. The zero-order valence-corrected chi connectivity index (χ0v) is 11.8. The second-order valence-electron chi connectivity index (χ2n) is 4.81. The van der Waals surface area contributed by atoms with E-state index in [0.29, 0.717) is 13.0 Å². The van der Waals surface area contributed by atoms with Gasteiger partial charge in [0.2, 0.25) is 11.8 Å². The second kappa shape index (κ2) is 4.18. The predicted octanol–water partition coefficient (Wildman–Crippen LogP) is 0.929. The lowest BCUT2D eigenvalue weighted by Crippen LogP contribution is -2.35. The number of imide groups is 1. The lowest BCUT2D eigenvalue weighted by molar-refractivity contribution is -0.127. The Morgan fingerprint density at radius 3 is 2.94 bits per heavy atom. The number of aromatic nitrogens is 1. The smallest absolute Gasteiger partial charge is 0.235 e. The molecule has 1 N–H and O–H groups in total. The van der Waals surface area contributed by atoms with Gasteiger partial charge >= 0.3 is 0 Å². The number of carbonyl (C=O) groups is 2. The monoisotopic (exact) mass is 357 g/mol. The van der Waals surface area contributed by atoms with Gasteiger partial charge in [-0.3, -0.25) is 14.9 Å². The van der Waals surface area contributed by atoms with Crippen molar-refractivity contribution in [3.8, 4) is 0 Å². The number of nitrogens with one attached hydrogen (secondary N) is 1. The minimum Gasteiger partial charge on any atom is -0.355 e. The van der Waals surface area contributed by atoms with Gasteiger partial charge in [0.15, 0.2) is 0 Å². The molecule has 6 heteroatoms. The van der Waals surface area contributed by atoms with Crippen molar-refractivity contribution in [1.82, 2.24) is 10.3 Å². The van der Waals surface area contributed by atoms with Crippen molar-refractivity contribution in [2.45, 2.75) is 12.8 Å². The van der Waals surface area contributed by atoms with Crippen LogP contribution in [0.2, 0.25) is 0 Å². The van der Waals surface area contributed by atoms with Gasteiger partial charge in [-0.25, -0.2) is 4.98 Å². The van der Waals surface area contributed by atoms with E-state index >= 15 is 0 Å². The lowest BCUT2D eigenvalue weighted by atomic mass is 9.85. The first-order valence-corrected chi connectivity index (χ1v) is 6.88. The standard InChI is InChI=1S/C12H12IN3O2/c13-8-2-1-4-14-10(8)16-5-3-12(7-16)6-9(17)15-11(12)18/h1-2,4H,3,5-7H2,(H,15,17,18). The minimum absolute atomic E-state index is 0.124. The Morgan fingerprint density at radius 1 is 1.44 bits per heavy atom. The first-order chi connectivity index (χ1) is 8.61. The molecule has 0 radical (unpaired) electrons. The van der Waals surface area contributed by atoms with Crippen LogP contribution in [0.15, 0.2) is 18.3 Å². The molecule has 5 nitrogen and oxygen atoms in total. The molecule has 1 unspecified atom stereocenters. The number of nitrogens with zero attached hydrogens (tertiary/aromatic N) is 2. The number of amides is 2. The van der Waals surface area contributed by atoms with E-state index in [9.17, 15) is 9.59 Å². The van der Waals surface area contributed by atoms with E-state index in [1.54, 1.807) is 6.20 Å². The minimum atomic E-state index is -0.530. The maximum absolute atomic E-state index is 11.9. The molecule has 3 heterocycles. The average molecular weight is 357 g/mol. The van der Waals surface area contributed by atoms with E-state index in [1.165, 1.54) is 0 Å². The fourth-order valence-corrected chi connectivity index (χ4v) is 3.37. The average Bonchev–Trinajstić information content (AvgIpc) is 2.85. The van der Waals surface area contributed by atoms with Crippen LogP contribution in [0, 0.1) is 8.99 Å². The first kappa shape index (κ1) is 11.9. The summed E-state index contributed by atoms with van der Waals surface area (Å²) in [4.78, 5) is 29.7. The summed E-state index contributed by atoms with van der Waals surface area (Å²) in [6, 6.07) is 3.89. The molecule has 2 saturated heterocycles. The van der Waals surface area contributed by atoms with Gasteiger partial charge in [0, 0.05) is 25.7 Å². The van der Waals surface area contributed by atoms with Crippen molar-refractivity contribution in [2.24, 2.45) is 5.41 Å². The number of carbonyl (C=O) groups excluding carboxylic acids is 2. The third-order valence-electron chi connectivity index (χ3n) is 3.63. The fraction of sp³-hybridized carbons (Fsp3) is 0.417. The number of rotatable bonds is 1. The van der Waals surface area contributed by atoms with Crippen LogP contribution in [0.3, 0.4) is 0 Å². The van der Waals surface area contributed by atoms with Crippen LogP contribution in [0.25, 0.3) is 0 Å². The molecular formula is C12H12IN3O2. The maximum atomic E-state index is 11.9. The zero-order chi connectivity index (χ0) is 12.8. The lowest BCUT2D eigenvalue weighted by Gasteiger charge is -2.21. The zero-order valence-electron chi connectivity index (χ0n) is 9.65. The number of halogens is 1. The van der Waals surface area contributed by atoms with Crippen molar-refractivity contribution < 1.29 is 9.59 Å². The van der Waals surface area contributed by atoms with Gasteiger partial charge in [0.25, 0.3) is 0 Å². The van der Waals surface area contributed by atoms with E-state index in [-0.39, 0.29) is 11.8 Å².